The number of nitrogens with one attached hydrogen (secondary N) is 2. The average Bonchev–Trinajstić information content (AvgIpc) is 2.57. The molecule has 0 saturated carbocycles. The molecular weight excluding hydrogens is 298 g/mol. The van der Waals surface area contributed by atoms with E-state index in [2.05, 4.69) is 20.5 Å². The Morgan fingerprint density at radius 1 is 1.13 bits per heavy atom. The molecule has 0 aliphatic carbocycles. The monoisotopic (exact) mass is 324 g/mol. The number of halogens is 2. The van der Waals surface area contributed by atoms with Crippen LogP contribution in [0.2, 0.25) is 0 Å². The summed E-state index contributed by atoms with van der Waals surface area (Å²) in [5, 5.41) is 6.39. The summed E-state index contributed by atoms with van der Waals surface area (Å²) in [7, 11) is 1.71. The van der Waals surface area contributed by atoms with Gasteiger partial charge in [0, 0.05) is 26.7 Å². The summed E-state index contributed by atoms with van der Waals surface area (Å²) in [5.41, 5.74) is 0.376. The third-order valence-corrected chi connectivity index (χ3v) is 4.09. The van der Waals surface area contributed by atoms with Crippen molar-refractivity contribution < 1.29 is 8.78 Å². The van der Waals surface area contributed by atoms with Crippen molar-refractivity contribution in [2.45, 2.75) is 25.7 Å². The molecule has 128 valence electrons. The topological polar surface area (TPSA) is 39.7 Å². The van der Waals surface area contributed by atoms with Crippen LogP contribution in [0.25, 0.3) is 0 Å². The number of piperidine rings is 1. The van der Waals surface area contributed by atoms with Crippen LogP contribution in [0.3, 0.4) is 0 Å². The van der Waals surface area contributed by atoms with Crippen LogP contribution in [0.1, 0.15) is 24.8 Å². The first-order valence-electron chi connectivity index (χ1n) is 8.30. The number of hydrogen-bond acceptors (Lipinski definition) is 2. The Morgan fingerprint density at radius 2 is 1.87 bits per heavy atom. The van der Waals surface area contributed by atoms with Crippen molar-refractivity contribution in [3.63, 3.8) is 0 Å². The molecule has 0 atom stereocenters. The Balaban J connectivity index is 1.67. The van der Waals surface area contributed by atoms with E-state index in [0.29, 0.717) is 24.5 Å². The zero-order chi connectivity index (χ0) is 16.5. The minimum Gasteiger partial charge on any atom is -0.356 e. The molecule has 23 heavy (non-hydrogen) atoms. The minimum atomic E-state index is -0.412. The van der Waals surface area contributed by atoms with E-state index < -0.39 is 5.82 Å². The Morgan fingerprint density at radius 3 is 2.61 bits per heavy atom. The van der Waals surface area contributed by atoms with Gasteiger partial charge in [0.25, 0.3) is 0 Å². The highest BCUT2D eigenvalue weighted by molar-refractivity contribution is 5.79. The van der Waals surface area contributed by atoms with E-state index in [4.69, 9.17) is 0 Å². The van der Waals surface area contributed by atoms with Gasteiger partial charge in [0.2, 0.25) is 0 Å². The van der Waals surface area contributed by atoms with Crippen molar-refractivity contribution in [3.05, 3.63) is 35.4 Å². The zero-order valence-corrected chi connectivity index (χ0v) is 13.7. The minimum absolute atomic E-state index is 0.374. The summed E-state index contributed by atoms with van der Waals surface area (Å²) in [6.45, 7) is 4.68. The fourth-order valence-electron chi connectivity index (χ4n) is 2.79. The molecule has 0 bridgehead atoms. The second kappa shape index (κ2) is 9.45. The van der Waals surface area contributed by atoms with Crippen LogP contribution in [0.15, 0.2) is 23.2 Å². The Labute approximate surface area is 137 Å². The van der Waals surface area contributed by atoms with E-state index in [9.17, 15) is 8.78 Å². The van der Waals surface area contributed by atoms with Gasteiger partial charge in [-0.3, -0.25) is 4.99 Å². The predicted molar refractivity (Wildman–Crippen MR) is 89.7 cm³/mol. The lowest BCUT2D eigenvalue weighted by Crippen LogP contribution is -2.43. The number of nitrogens with zero attached hydrogens (tertiary/aromatic N) is 2. The van der Waals surface area contributed by atoms with Crippen molar-refractivity contribution in [2.75, 3.05) is 39.8 Å². The Hall–Kier alpha value is -1.69. The van der Waals surface area contributed by atoms with Crippen molar-refractivity contribution in [1.29, 1.82) is 0 Å². The fourth-order valence-corrected chi connectivity index (χ4v) is 2.79. The summed E-state index contributed by atoms with van der Waals surface area (Å²) >= 11 is 0. The molecule has 1 aromatic rings. The number of likely N-dealkylation sites (tertiary alicyclic amines) is 1. The van der Waals surface area contributed by atoms with Crippen LogP contribution in [-0.2, 0) is 6.42 Å². The number of aliphatic imine (C=N–C) groups is 1. The largest absolute Gasteiger partial charge is 0.356 e. The van der Waals surface area contributed by atoms with Gasteiger partial charge in [0.1, 0.15) is 11.6 Å². The van der Waals surface area contributed by atoms with Crippen LogP contribution < -0.4 is 10.6 Å². The predicted octanol–water partition coefficient (Wildman–Crippen LogP) is 2.16. The molecule has 0 radical (unpaired) electrons. The number of guanidine groups is 1. The van der Waals surface area contributed by atoms with Crippen LogP contribution in [0.4, 0.5) is 8.78 Å². The highest BCUT2D eigenvalue weighted by Gasteiger charge is 2.09. The zero-order valence-electron chi connectivity index (χ0n) is 13.7. The highest BCUT2D eigenvalue weighted by atomic mass is 19.1. The van der Waals surface area contributed by atoms with E-state index >= 15 is 0 Å². The molecule has 0 unspecified atom stereocenters. The maximum Gasteiger partial charge on any atom is 0.191 e. The number of benzene rings is 1. The summed E-state index contributed by atoms with van der Waals surface area (Å²) < 4.78 is 26.7. The molecule has 1 saturated heterocycles. The van der Waals surface area contributed by atoms with Gasteiger partial charge in [-0.05, 0) is 56.1 Å². The lowest BCUT2D eigenvalue weighted by atomic mass is 10.1. The normalized spacial score (nSPS) is 16.4. The molecular formula is C17H26F2N4. The quantitative estimate of drug-likeness (QED) is 0.622. The summed E-state index contributed by atoms with van der Waals surface area (Å²) in [4.78, 5) is 6.60. The van der Waals surface area contributed by atoms with Gasteiger partial charge in [0.05, 0.1) is 0 Å². The fraction of sp³-hybridized carbons (Fsp3) is 0.588. The van der Waals surface area contributed by atoms with Crippen molar-refractivity contribution in [2.24, 2.45) is 4.99 Å². The molecule has 1 fully saturated rings. The second-order valence-electron chi connectivity index (χ2n) is 5.81. The molecule has 1 heterocycles. The molecule has 1 aromatic carbocycles. The van der Waals surface area contributed by atoms with Gasteiger partial charge in [-0.25, -0.2) is 8.78 Å². The van der Waals surface area contributed by atoms with Crippen LogP contribution in [0, 0.1) is 11.6 Å². The molecule has 2 rings (SSSR count). The lowest BCUT2D eigenvalue weighted by molar-refractivity contribution is 0.232. The summed E-state index contributed by atoms with van der Waals surface area (Å²) in [6.07, 6.45) is 4.32. The molecule has 1 aliphatic heterocycles. The van der Waals surface area contributed by atoms with E-state index in [1.807, 2.05) is 0 Å². The maximum absolute atomic E-state index is 13.5. The molecule has 1 aliphatic rings. The first-order chi connectivity index (χ1) is 11.2. The van der Waals surface area contributed by atoms with Crippen molar-refractivity contribution >= 4 is 5.96 Å². The van der Waals surface area contributed by atoms with Gasteiger partial charge >= 0.3 is 0 Å². The third-order valence-electron chi connectivity index (χ3n) is 4.09. The highest BCUT2D eigenvalue weighted by Crippen LogP contribution is 2.09. The molecule has 2 N–H and O–H groups in total. The lowest BCUT2D eigenvalue weighted by Gasteiger charge is -2.26. The van der Waals surface area contributed by atoms with Crippen LogP contribution in [0.5, 0.6) is 0 Å². The standard InChI is InChI=1S/C17H26F2N4/c1-20-17(22-9-12-23-10-3-2-4-11-23)21-8-7-14-13-15(18)5-6-16(14)19/h5-6,13H,2-4,7-12H2,1H3,(H2,20,21,22). The van der Waals surface area contributed by atoms with E-state index in [-0.39, 0.29) is 5.82 Å². The smallest absolute Gasteiger partial charge is 0.191 e. The van der Waals surface area contributed by atoms with Crippen LogP contribution >= 0.6 is 0 Å². The Bertz CT molecular complexity index is 513. The van der Waals surface area contributed by atoms with Crippen molar-refractivity contribution in [3.8, 4) is 0 Å². The Kier molecular flexibility index (Phi) is 7.26. The second-order valence-corrected chi connectivity index (χ2v) is 5.81. The first kappa shape index (κ1) is 17.7. The van der Waals surface area contributed by atoms with Crippen molar-refractivity contribution in [1.82, 2.24) is 15.5 Å². The van der Waals surface area contributed by atoms with E-state index in [1.165, 1.54) is 38.4 Å². The molecule has 4 nitrogen and oxygen atoms in total. The molecule has 6 heteroatoms. The first-order valence-corrected chi connectivity index (χ1v) is 8.30. The maximum atomic E-state index is 13.5. The van der Waals surface area contributed by atoms with Gasteiger partial charge in [-0.2, -0.15) is 0 Å². The average molecular weight is 324 g/mol. The molecule has 0 spiro atoms. The van der Waals surface area contributed by atoms with Crippen LogP contribution in [-0.4, -0.2) is 50.6 Å². The van der Waals surface area contributed by atoms with Gasteiger partial charge in [0.15, 0.2) is 5.96 Å². The SMILES string of the molecule is CN=C(NCCc1cc(F)ccc1F)NCCN1CCCCC1. The molecule has 0 aromatic heterocycles. The molecule has 0 amide bonds. The summed E-state index contributed by atoms with van der Waals surface area (Å²) in [5.74, 6) is -0.0921. The van der Waals surface area contributed by atoms with Gasteiger partial charge < -0.3 is 15.5 Å². The summed E-state index contributed by atoms with van der Waals surface area (Å²) in [6, 6.07) is 3.53. The number of rotatable bonds is 6. The third kappa shape index (κ3) is 6.14. The van der Waals surface area contributed by atoms with E-state index in [0.717, 1.165) is 25.2 Å². The van der Waals surface area contributed by atoms with Gasteiger partial charge in [-0.15, -0.1) is 0 Å². The van der Waals surface area contributed by atoms with E-state index in [1.54, 1.807) is 7.05 Å². The van der Waals surface area contributed by atoms with Gasteiger partial charge in [-0.1, -0.05) is 6.42 Å². The number of hydrogen-bond donors (Lipinski definition) is 2.